The van der Waals surface area contributed by atoms with Crippen LogP contribution in [-0.2, 0) is 4.79 Å². The van der Waals surface area contributed by atoms with Gasteiger partial charge in [-0.25, -0.2) is 0 Å². The van der Waals surface area contributed by atoms with E-state index in [9.17, 15) is 4.79 Å². The van der Waals surface area contributed by atoms with Crippen molar-refractivity contribution < 1.29 is 4.79 Å². The third-order valence-electron chi connectivity index (χ3n) is 3.82. The summed E-state index contributed by atoms with van der Waals surface area (Å²) in [6, 6.07) is 0. The van der Waals surface area contributed by atoms with E-state index in [-0.39, 0.29) is 5.41 Å². The van der Waals surface area contributed by atoms with Crippen molar-refractivity contribution in [2.45, 2.75) is 19.3 Å². The van der Waals surface area contributed by atoms with Gasteiger partial charge in [0.2, 0.25) is 5.91 Å². The van der Waals surface area contributed by atoms with Crippen LogP contribution in [0.2, 0.25) is 0 Å². The van der Waals surface area contributed by atoms with Crippen LogP contribution < -0.4 is 5.32 Å². The molecule has 1 saturated heterocycles. The predicted octanol–water partition coefficient (Wildman–Crippen LogP) is 1.09. The van der Waals surface area contributed by atoms with Crippen LogP contribution in [0.15, 0.2) is 12.2 Å². The van der Waals surface area contributed by atoms with Crippen LogP contribution in [0, 0.1) is 17.3 Å². The molecule has 2 heteroatoms. The molecule has 2 fully saturated rings. The average Bonchev–Trinajstić information content (AvgIpc) is 2.69. The highest BCUT2D eigenvalue weighted by atomic mass is 16.2. The Morgan fingerprint density at radius 2 is 2.42 bits per heavy atom. The number of nitrogens with one attached hydrogen (secondary N) is 1. The molecule has 1 aliphatic heterocycles. The number of carbonyl (C=O) groups excluding carboxylic acids is 1. The zero-order valence-corrected chi connectivity index (χ0v) is 7.05. The summed E-state index contributed by atoms with van der Waals surface area (Å²) in [6.45, 7) is 0.899. The molecular formula is C10H13NO. The Bertz CT molecular complexity index is 271. The third kappa shape index (κ3) is 0.598. The van der Waals surface area contributed by atoms with Gasteiger partial charge in [-0.05, 0) is 31.1 Å². The van der Waals surface area contributed by atoms with Crippen molar-refractivity contribution in [2.24, 2.45) is 17.3 Å². The molecule has 0 radical (unpaired) electrons. The molecule has 2 aliphatic carbocycles. The maximum atomic E-state index is 11.6. The van der Waals surface area contributed by atoms with Gasteiger partial charge in [0, 0.05) is 6.54 Å². The van der Waals surface area contributed by atoms with Crippen molar-refractivity contribution in [3.05, 3.63) is 12.2 Å². The highest BCUT2D eigenvalue weighted by Gasteiger charge is 2.54. The van der Waals surface area contributed by atoms with Gasteiger partial charge in [-0.2, -0.15) is 0 Å². The molecule has 3 rings (SSSR count). The van der Waals surface area contributed by atoms with Crippen molar-refractivity contribution in [2.75, 3.05) is 6.54 Å². The molecule has 3 atom stereocenters. The van der Waals surface area contributed by atoms with Gasteiger partial charge >= 0.3 is 0 Å². The van der Waals surface area contributed by atoms with Crippen LogP contribution in [0.25, 0.3) is 0 Å². The Labute approximate surface area is 72.0 Å². The van der Waals surface area contributed by atoms with Crippen LogP contribution >= 0.6 is 0 Å². The van der Waals surface area contributed by atoms with Crippen molar-refractivity contribution in [1.82, 2.24) is 5.32 Å². The van der Waals surface area contributed by atoms with Crippen molar-refractivity contribution in [1.29, 1.82) is 0 Å². The minimum Gasteiger partial charge on any atom is -0.356 e. The van der Waals surface area contributed by atoms with Gasteiger partial charge in [0.25, 0.3) is 0 Å². The number of carbonyl (C=O) groups is 1. The lowest BCUT2D eigenvalue weighted by atomic mass is 9.74. The number of allylic oxidation sites excluding steroid dienone is 2. The van der Waals surface area contributed by atoms with E-state index in [1.165, 1.54) is 6.42 Å². The van der Waals surface area contributed by atoms with Gasteiger partial charge in [0.1, 0.15) is 0 Å². The Kier molecular flexibility index (Phi) is 1.07. The smallest absolute Gasteiger partial charge is 0.226 e. The molecule has 1 saturated carbocycles. The topological polar surface area (TPSA) is 29.1 Å². The Hall–Kier alpha value is -0.790. The van der Waals surface area contributed by atoms with Crippen molar-refractivity contribution in [3.8, 4) is 0 Å². The lowest BCUT2D eigenvalue weighted by Gasteiger charge is -2.27. The Balaban J connectivity index is 2.02. The first-order chi connectivity index (χ1) is 5.81. The van der Waals surface area contributed by atoms with Crippen LogP contribution in [0.5, 0.6) is 0 Å². The fourth-order valence-electron chi connectivity index (χ4n) is 3.19. The summed E-state index contributed by atoms with van der Waals surface area (Å²) in [5.41, 5.74) is 0.0272. The first-order valence-electron chi connectivity index (χ1n) is 4.78. The molecule has 2 unspecified atom stereocenters. The second-order valence-electron chi connectivity index (χ2n) is 4.35. The van der Waals surface area contributed by atoms with Gasteiger partial charge < -0.3 is 5.32 Å². The number of hydrogen-bond donors (Lipinski definition) is 1. The van der Waals surface area contributed by atoms with Crippen LogP contribution in [0.1, 0.15) is 19.3 Å². The lowest BCUT2D eigenvalue weighted by molar-refractivity contribution is -0.128. The quantitative estimate of drug-likeness (QED) is 0.532. The fourth-order valence-corrected chi connectivity index (χ4v) is 3.19. The van der Waals surface area contributed by atoms with E-state index in [4.69, 9.17) is 0 Å². The van der Waals surface area contributed by atoms with Crippen LogP contribution in [0.3, 0.4) is 0 Å². The maximum Gasteiger partial charge on any atom is 0.226 e. The summed E-state index contributed by atoms with van der Waals surface area (Å²) < 4.78 is 0. The zero-order valence-electron chi connectivity index (χ0n) is 7.05. The van der Waals surface area contributed by atoms with Gasteiger partial charge in [-0.15, -0.1) is 0 Å². The van der Waals surface area contributed by atoms with E-state index in [0.717, 1.165) is 19.4 Å². The van der Waals surface area contributed by atoms with Gasteiger partial charge in [0.15, 0.2) is 0 Å². The summed E-state index contributed by atoms with van der Waals surface area (Å²) in [4.78, 5) is 11.6. The Morgan fingerprint density at radius 3 is 2.92 bits per heavy atom. The van der Waals surface area contributed by atoms with Crippen LogP contribution in [-0.4, -0.2) is 12.5 Å². The maximum absolute atomic E-state index is 11.6. The molecule has 2 nitrogen and oxygen atoms in total. The summed E-state index contributed by atoms with van der Waals surface area (Å²) >= 11 is 0. The van der Waals surface area contributed by atoms with E-state index in [2.05, 4.69) is 17.5 Å². The molecule has 1 spiro atoms. The SMILES string of the molecule is O=C1NCC[C@]12CC1C=CC2C1. The minimum absolute atomic E-state index is 0.0272. The molecule has 12 heavy (non-hydrogen) atoms. The molecular weight excluding hydrogens is 150 g/mol. The normalized spacial score (nSPS) is 49.2. The first-order valence-corrected chi connectivity index (χ1v) is 4.78. The molecule has 1 amide bonds. The largest absolute Gasteiger partial charge is 0.356 e. The number of hydrogen-bond acceptors (Lipinski definition) is 1. The highest BCUT2D eigenvalue weighted by molar-refractivity contribution is 5.86. The molecule has 2 bridgehead atoms. The molecule has 1 heterocycles. The van der Waals surface area contributed by atoms with Crippen molar-refractivity contribution >= 4 is 5.91 Å². The highest BCUT2D eigenvalue weighted by Crippen LogP contribution is 2.55. The monoisotopic (exact) mass is 163 g/mol. The third-order valence-corrected chi connectivity index (χ3v) is 3.82. The van der Waals surface area contributed by atoms with Crippen molar-refractivity contribution in [3.63, 3.8) is 0 Å². The summed E-state index contributed by atoms with van der Waals surface area (Å²) in [6.07, 6.45) is 7.96. The first kappa shape index (κ1) is 6.70. The van der Waals surface area contributed by atoms with E-state index in [1.807, 2.05) is 0 Å². The van der Waals surface area contributed by atoms with Gasteiger partial charge in [-0.1, -0.05) is 12.2 Å². The van der Waals surface area contributed by atoms with E-state index in [0.29, 0.717) is 17.7 Å². The second kappa shape index (κ2) is 1.93. The Morgan fingerprint density at radius 1 is 1.50 bits per heavy atom. The molecule has 0 aromatic rings. The zero-order chi connectivity index (χ0) is 8.18. The van der Waals surface area contributed by atoms with Crippen LogP contribution in [0.4, 0.5) is 0 Å². The van der Waals surface area contributed by atoms with E-state index >= 15 is 0 Å². The van der Waals surface area contributed by atoms with E-state index < -0.39 is 0 Å². The fraction of sp³-hybridized carbons (Fsp3) is 0.700. The lowest BCUT2D eigenvalue weighted by Crippen LogP contribution is -2.34. The minimum atomic E-state index is 0.0272. The molecule has 0 aromatic carbocycles. The summed E-state index contributed by atoms with van der Waals surface area (Å²) in [5.74, 6) is 1.59. The summed E-state index contributed by atoms with van der Waals surface area (Å²) in [5, 5.41) is 2.96. The molecule has 64 valence electrons. The second-order valence-corrected chi connectivity index (χ2v) is 4.35. The van der Waals surface area contributed by atoms with E-state index in [1.54, 1.807) is 0 Å². The molecule has 0 aromatic heterocycles. The van der Waals surface area contributed by atoms with Gasteiger partial charge in [-0.3, -0.25) is 4.79 Å². The number of fused-ring (bicyclic) bond motifs is 3. The molecule has 3 aliphatic rings. The summed E-state index contributed by atoms with van der Waals surface area (Å²) in [7, 11) is 0. The number of rotatable bonds is 0. The number of amides is 1. The predicted molar refractivity (Wildman–Crippen MR) is 45.4 cm³/mol. The molecule has 1 N–H and O–H groups in total. The average molecular weight is 163 g/mol. The standard InChI is InChI=1S/C10H13NO/c12-9-10(3-4-11-9)6-7-1-2-8(10)5-7/h1-2,7-8H,3-6H2,(H,11,12)/t7?,8?,10-/m1/s1. The van der Waals surface area contributed by atoms with Gasteiger partial charge in [0.05, 0.1) is 5.41 Å².